The molecule has 3 rings (SSSR count). The van der Waals surface area contributed by atoms with Gasteiger partial charge in [0, 0.05) is 18.0 Å². The fourth-order valence-electron chi connectivity index (χ4n) is 2.18. The molecule has 0 bridgehead atoms. The smallest absolute Gasteiger partial charge is 0.282 e. The molecule has 1 amide bonds. The quantitative estimate of drug-likeness (QED) is 0.343. The van der Waals surface area contributed by atoms with Crippen LogP contribution >= 0.6 is 23.1 Å². The monoisotopic (exact) mass is 415 g/mol. The van der Waals surface area contributed by atoms with Gasteiger partial charge in [-0.2, -0.15) is 5.10 Å². The Morgan fingerprint density at radius 1 is 1.32 bits per heavy atom. The first kappa shape index (κ1) is 19.8. The highest BCUT2D eigenvalue weighted by atomic mass is 32.2. The van der Waals surface area contributed by atoms with Crippen molar-refractivity contribution < 1.29 is 9.53 Å². The van der Waals surface area contributed by atoms with Gasteiger partial charge in [-0.3, -0.25) is 14.9 Å². The normalized spacial score (nSPS) is 10.5. The summed E-state index contributed by atoms with van der Waals surface area (Å²) in [5.41, 5.74) is -0.0196. The van der Waals surface area contributed by atoms with Gasteiger partial charge < -0.3 is 4.74 Å². The molecule has 0 saturated heterocycles. The van der Waals surface area contributed by atoms with Crippen LogP contribution in [0.3, 0.4) is 0 Å². The summed E-state index contributed by atoms with van der Waals surface area (Å²) in [5.74, 6) is 0.781. The molecule has 0 atom stereocenters. The zero-order chi connectivity index (χ0) is 19.9. The molecular formula is C18H17N5O3S2. The Balaban J connectivity index is 1.78. The largest absolute Gasteiger partial charge is 0.494 e. The number of nitrogens with one attached hydrogen (secondary N) is 1. The Kier molecular flexibility index (Phi) is 6.56. The SMILES string of the molecule is C=CCSc1nnc(NC(=O)c2nn(-c3ccc(OCC)cc3)ccc2=O)s1. The standard InChI is InChI=1S/C18H17N5O3S2/c1-3-11-27-18-21-20-17(28-18)19-16(25)15-14(24)9-10-23(22-15)12-5-7-13(8-6-12)26-4-2/h3,5-10H,1,4,11H2,2H3,(H,19,20,25). The first-order valence-corrected chi connectivity index (χ1v) is 10.1. The van der Waals surface area contributed by atoms with Gasteiger partial charge in [-0.1, -0.05) is 29.2 Å². The molecule has 0 fully saturated rings. The van der Waals surface area contributed by atoms with E-state index in [4.69, 9.17) is 4.74 Å². The third-order valence-electron chi connectivity index (χ3n) is 3.39. The van der Waals surface area contributed by atoms with E-state index in [1.807, 2.05) is 6.92 Å². The lowest BCUT2D eigenvalue weighted by atomic mass is 10.3. The molecule has 10 heteroatoms. The van der Waals surface area contributed by atoms with Crippen molar-refractivity contribution >= 4 is 34.1 Å². The maximum atomic E-state index is 12.5. The Morgan fingerprint density at radius 3 is 2.82 bits per heavy atom. The number of nitrogens with zero attached hydrogens (tertiary/aromatic N) is 4. The third kappa shape index (κ3) is 4.84. The Labute approximate surface area is 169 Å². The van der Waals surface area contributed by atoms with E-state index in [-0.39, 0.29) is 5.69 Å². The molecule has 1 N–H and O–H groups in total. The summed E-state index contributed by atoms with van der Waals surface area (Å²) in [4.78, 5) is 24.6. The summed E-state index contributed by atoms with van der Waals surface area (Å²) < 4.78 is 7.56. The van der Waals surface area contributed by atoms with E-state index in [0.29, 0.717) is 27.5 Å². The molecule has 0 saturated carbocycles. The van der Waals surface area contributed by atoms with Crippen LogP contribution in [0.25, 0.3) is 5.69 Å². The maximum Gasteiger partial charge on any atom is 0.282 e. The summed E-state index contributed by atoms with van der Waals surface area (Å²) >= 11 is 2.67. The van der Waals surface area contributed by atoms with Crippen LogP contribution in [-0.2, 0) is 0 Å². The number of amides is 1. The molecule has 0 radical (unpaired) electrons. The van der Waals surface area contributed by atoms with E-state index >= 15 is 0 Å². The Bertz CT molecular complexity index is 1030. The predicted octanol–water partition coefficient (Wildman–Crippen LogP) is 3.01. The van der Waals surface area contributed by atoms with Gasteiger partial charge in [0.05, 0.1) is 12.3 Å². The van der Waals surface area contributed by atoms with Crippen molar-refractivity contribution in [3.05, 3.63) is 65.1 Å². The highest BCUT2D eigenvalue weighted by molar-refractivity contribution is 8.01. The summed E-state index contributed by atoms with van der Waals surface area (Å²) in [6.07, 6.45) is 3.26. The Hall–Kier alpha value is -2.98. The van der Waals surface area contributed by atoms with Crippen LogP contribution in [0.1, 0.15) is 17.4 Å². The lowest BCUT2D eigenvalue weighted by Gasteiger charge is -2.08. The molecule has 0 aliphatic carbocycles. The van der Waals surface area contributed by atoms with Gasteiger partial charge in [0.15, 0.2) is 10.0 Å². The second-order valence-corrected chi connectivity index (χ2v) is 7.57. The number of benzene rings is 1. The summed E-state index contributed by atoms with van der Waals surface area (Å²) in [5, 5.41) is 14.9. The predicted molar refractivity (Wildman–Crippen MR) is 110 cm³/mol. The van der Waals surface area contributed by atoms with E-state index in [1.54, 1.807) is 30.3 Å². The number of hydrogen-bond donors (Lipinski definition) is 1. The van der Waals surface area contributed by atoms with Crippen LogP contribution in [-0.4, -0.2) is 38.2 Å². The lowest BCUT2D eigenvalue weighted by Crippen LogP contribution is -2.25. The Morgan fingerprint density at radius 2 is 2.11 bits per heavy atom. The van der Waals surface area contributed by atoms with Gasteiger partial charge in [-0.25, -0.2) is 4.68 Å². The average Bonchev–Trinajstić information content (AvgIpc) is 3.15. The van der Waals surface area contributed by atoms with Crippen LogP contribution in [0.5, 0.6) is 5.75 Å². The van der Waals surface area contributed by atoms with Crippen LogP contribution in [0.2, 0.25) is 0 Å². The van der Waals surface area contributed by atoms with E-state index in [1.165, 1.54) is 40.0 Å². The zero-order valence-electron chi connectivity index (χ0n) is 15.0. The molecule has 2 heterocycles. The molecule has 0 unspecified atom stereocenters. The van der Waals surface area contributed by atoms with Crippen molar-refractivity contribution in [2.45, 2.75) is 11.3 Å². The number of anilines is 1. The summed E-state index contributed by atoms with van der Waals surface area (Å²) in [6, 6.07) is 8.46. The molecule has 0 aliphatic rings. The average molecular weight is 416 g/mol. The van der Waals surface area contributed by atoms with Crippen LogP contribution in [0, 0.1) is 0 Å². The minimum atomic E-state index is -0.637. The molecule has 3 aromatic rings. The van der Waals surface area contributed by atoms with Crippen molar-refractivity contribution in [3.63, 3.8) is 0 Å². The molecule has 1 aromatic carbocycles. The number of thioether (sulfide) groups is 1. The van der Waals surface area contributed by atoms with E-state index in [9.17, 15) is 9.59 Å². The van der Waals surface area contributed by atoms with Crippen LogP contribution in [0.4, 0.5) is 5.13 Å². The van der Waals surface area contributed by atoms with Crippen LogP contribution in [0.15, 0.2) is 58.3 Å². The number of ether oxygens (including phenoxy) is 1. The van der Waals surface area contributed by atoms with Gasteiger partial charge >= 0.3 is 0 Å². The molecule has 0 aliphatic heterocycles. The van der Waals surface area contributed by atoms with E-state index in [2.05, 4.69) is 27.2 Å². The third-order valence-corrected chi connectivity index (χ3v) is 5.36. The molecular weight excluding hydrogens is 398 g/mol. The molecule has 0 spiro atoms. The number of rotatable bonds is 8. The maximum absolute atomic E-state index is 12.5. The molecule has 8 nitrogen and oxygen atoms in total. The number of carbonyl (C=O) groups excluding carboxylic acids is 1. The molecule has 28 heavy (non-hydrogen) atoms. The second kappa shape index (κ2) is 9.29. The minimum Gasteiger partial charge on any atom is -0.494 e. The lowest BCUT2D eigenvalue weighted by molar-refractivity contribution is 0.101. The fraction of sp³-hybridized carbons (Fsp3) is 0.167. The number of hydrogen-bond acceptors (Lipinski definition) is 8. The van der Waals surface area contributed by atoms with Crippen molar-refractivity contribution in [3.8, 4) is 11.4 Å². The first-order chi connectivity index (χ1) is 13.6. The zero-order valence-corrected chi connectivity index (χ0v) is 16.6. The topological polar surface area (TPSA) is 99.0 Å². The van der Waals surface area contributed by atoms with Gasteiger partial charge in [0.2, 0.25) is 10.6 Å². The number of aromatic nitrogens is 4. The van der Waals surface area contributed by atoms with Crippen molar-refractivity contribution in [1.29, 1.82) is 0 Å². The fourth-order valence-corrected chi connectivity index (χ4v) is 3.68. The van der Waals surface area contributed by atoms with Crippen molar-refractivity contribution in [2.24, 2.45) is 0 Å². The highest BCUT2D eigenvalue weighted by Gasteiger charge is 2.16. The van der Waals surface area contributed by atoms with E-state index in [0.717, 1.165) is 5.75 Å². The summed E-state index contributed by atoms with van der Waals surface area (Å²) in [7, 11) is 0. The number of carbonyl (C=O) groups is 1. The summed E-state index contributed by atoms with van der Waals surface area (Å²) in [6.45, 7) is 6.11. The molecule has 2 aromatic heterocycles. The van der Waals surface area contributed by atoms with Crippen molar-refractivity contribution in [2.75, 3.05) is 17.7 Å². The van der Waals surface area contributed by atoms with Gasteiger partial charge in [-0.15, -0.1) is 16.8 Å². The minimum absolute atomic E-state index is 0.230. The molecule has 144 valence electrons. The van der Waals surface area contributed by atoms with Gasteiger partial charge in [-0.05, 0) is 31.2 Å². The van der Waals surface area contributed by atoms with Crippen LogP contribution < -0.4 is 15.5 Å². The second-order valence-electron chi connectivity index (χ2n) is 5.33. The van der Waals surface area contributed by atoms with E-state index < -0.39 is 11.3 Å². The first-order valence-electron chi connectivity index (χ1n) is 8.32. The highest BCUT2D eigenvalue weighted by Crippen LogP contribution is 2.25. The van der Waals surface area contributed by atoms with Gasteiger partial charge in [0.25, 0.3) is 5.91 Å². The van der Waals surface area contributed by atoms with Crippen molar-refractivity contribution in [1.82, 2.24) is 20.0 Å². The van der Waals surface area contributed by atoms with Gasteiger partial charge in [0.1, 0.15) is 5.75 Å².